The Labute approximate surface area is 120 Å². The summed E-state index contributed by atoms with van der Waals surface area (Å²) >= 11 is 0. The molecular formula is C15H24N4O. The molecule has 1 saturated carbocycles. The van der Waals surface area contributed by atoms with Gasteiger partial charge in [-0.2, -0.15) is 0 Å². The zero-order valence-electron chi connectivity index (χ0n) is 12.4. The first-order valence-corrected chi connectivity index (χ1v) is 7.10. The predicted octanol–water partition coefficient (Wildman–Crippen LogP) is 1.52. The smallest absolute Gasteiger partial charge is 0.251 e. The largest absolute Gasteiger partial charge is 0.397 e. The number of nitrogens with zero attached hydrogens (tertiary/aromatic N) is 1. The normalized spacial score (nSPS) is 16.0. The second-order valence-corrected chi connectivity index (χ2v) is 5.51. The molecule has 1 aliphatic carbocycles. The molecular weight excluding hydrogens is 252 g/mol. The van der Waals surface area contributed by atoms with Crippen molar-refractivity contribution in [3.8, 4) is 0 Å². The maximum atomic E-state index is 11.6. The van der Waals surface area contributed by atoms with Crippen molar-refractivity contribution >= 4 is 17.3 Å². The van der Waals surface area contributed by atoms with Crippen molar-refractivity contribution in [1.29, 1.82) is 0 Å². The number of carbonyl (C=O) groups excluding carboxylic acids is 1. The second kappa shape index (κ2) is 6.13. The van der Waals surface area contributed by atoms with Crippen LogP contribution in [0.15, 0.2) is 18.2 Å². The quantitative estimate of drug-likeness (QED) is 0.689. The third kappa shape index (κ3) is 3.42. The van der Waals surface area contributed by atoms with Gasteiger partial charge in [-0.15, -0.1) is 0 Å². The Hall–Kier alpha value is -1.75. The zero-order valence-corrected chi connectivity index (χ0v) is 12.4. The summed E-state index contributed by atoms with van der Waals surface area (Å²) in [6, 6.07) is 6.48. The van der Waals surface area contributed by atoms with Crippen LogP contribution in [-0.4, -0.2) is 43.5 Å². The summed E-state index contributed by atoms with van der Waals surface area (Å²) in [6.07, 6.45) is 2.60. The number of likely N-dealkylation sites (N-methyl/N-ethyl adjacent to an activating group) is 1. The van der Waals surface area contributed by atoms with Crippen LogP contribution in [0.1, 0.15) is 30.1 Å². The van der Waals surface area contributed by atoms with Crippen LogP contribution in [0.5, 0.6) is 0 Å². The first-order chi connectivity index (χ1) is 9.52. The Balaban J connectivity index is 1.99. The number of nitrogens with one attached hydrogen (secondary N) is 2. The average molecular weight is 276 g/mol. The van der Waals surface area contributed by atoms with E-state index in [1.54, 1.807) is 25.2 Å². The van der Waals surface area contributed by atoms with Gasteiger partial charge in [0.1, 0.15) is 0 Å². The summed E-state index contributed by atoms with van der Waals surface area (Å²) in [4.78, 5) is 14.0. The lowest BCUT2D eigenvalue weighted by Crippen LogP contribution is -2.36. The number of carbonyl (C=O) groups is 1. The molecule has 4 N–H and O–H groups in total. The minimum Gasteiger partial charge on any atom is -0.397 e. The van der Waals surface area contributed by atoms with Crippen LogP contribution in [-0.2, 0) is 0 Å². The fraction of sp³-hybridized carbons (Fsp3) is 0.533. The number of hydrogen-bond acceptors (Lipinski definition) is 4. The van der Waals surface area contributed by atoms with Crippen LogP contribution >= 0.6 is 0 Å². The van der Waals surface area contributed by atoms with Crippen LogP contribution in [0.3, 0.4) is 0 Å². The molecule has 1 aromatic carbocycles. The Morgan fingerprint density at radius 1 is 1.50 bits per heavy atom. The number of rotatable bonds is 6. The van der Waals surface area contributed by atoms with Crippen LogP contribution in [0.25, 0.3) is 0 Å². The Bertz CT molecular complexity index is 485. The third-order valence-electron chi connectivity index (χ3n) is 3.95. The van der Waals surface area contributed by atoms with Gasteiger partial charge in [-0.05, 0) is 45.0 Å². The van der Waals surface area contributed by atoms with Gasteiger partial charge < -0.3 is 16.4 Å². The van der Waals surface area contributed by atoms with Gasteiger partial charge >= 0.3 is 0 Å². The van der Waals surface area contributed by atoms with E-state index in [1.165, 1.54) is 12.8 Å². The molecule has 0 saturated heterocycles. The minimum atomic E-state index is -0.101. The highest BCUT2D eigenvalue weighted by atomic mass is 16.1. The molecule has 1 atom stereocenters. The van der Waals surface area contributed by atoms with E-state index in [0.717, 1.165) is 18.3 Å². The Kier molecular flexibility index (Phi) is 4.49. The van der Waals surface area contributed by atoms with Crippen LogP contribution < -0.4 is 16.4 Å². The molecule has 2 rings (SSSR count). The molecule has 0 radical (unpaired) electrons. The molecule has 1 fully saturated rings. The van der Waals surface area contributed by atoms with Gasteiger partial charge in [0.05, 0.1) is 11.4 Å². The molecule has 1 aliphatic rings. The van der Waals surface area contributed by atoms with Gasteiger partial charge in [0.2, 0.25) is 0 Å². The molecule has 0 bridgehead atoms. The summed E-state index contributed by atoms with van der Waals surface area (Å²) in [5.74, 6) is -0.101. The lowest BCUT2D eigenvalue weighted by atomic mass is 10.1. The van der Waals surface area contributed by atoms with Crippen LogP contribution in [0.2, 0.25) is 0 Å². The average Bonchev–Trinajstić information content (AvgIpc) is 3.29. The lowest BCUT2D eigenvalue weighted by Gasteiger charge is -2.25. The van der Waals surface area contributed by atoms with Crippen molar-refractivity contribution in [2.45, 2.75) is 31.8 Å². The molecule has 1 unspecified atom stereocenters. The monoisotopic (exact) mass is 276 g/mol. The van der Waals surface area contributed by atoms with Crippen LogP contribution in [0, 0.1) is 0 Å². The molecule has 20 heavy (non-hydrogen) atoms. The summed E-state index contributed by atoms with van der Waals surface area (Å²) in [5, 5.41) is 5.97. The molecule has 5 heteroatoms. The van der Waals surface area contributed by atoms with Crippen molar-refractivity contribution in [2.24, 2.45) is 0 Å². The number of benzene rings is 1. The van der Waals surface area contributed by atoms with E-state index in [1.807, 2.05) is 0 Å². The topological polar surface area (TPSA) is 70.4 Å². The van der Waals surface area contributed by atoms with E-state index in [9.17, 15) is 4.79 Å². The minimum absolute atomic E-state index is 0.101. The summed E-state index contributed by atoms with van der Waals surface area (Å²) in [6.45, 7) is 3.01. The van der Waals surface area contributed by atoms with Gasteiger partial charge in [0, 0.05) is 31.2 Å². The maximum absolute atomic E-state index is 11.6. The van der Waals surface area contributed by atoms with E-state index in [4.69, 9.17) is 5.73 Å². The first kappa shape index (κ1) is 14.7. The van der Waals surface area contributed by atoms with Crippen LogP contribution in [0.4, 0.5) is 11.4 Å². The van der Waals surface area contributed by atoms with E-state index in [0.29, 0.717) is 17.3 Å². The highest BCUT2D eigenvalue weighted by molar-refractivity contribution is 5.96. The molecule has 0 heterocycles. The number of anilines is 2. The maximum Gasteiger partial charge on any atom is 0.251 e. The molecule has 1 amide bonds. The second-order valence-electron chi connectivity index (χ2n) is 5.51. The molecule has 0 aromatic heterocycles. The van der Waals surface area contributed by atoms with E-state index in [2.05, 4.69) is 29.5 Å². The predicted molar refractivity (Wildman–Crippen MR) is 83.0 cm³/mol. The molecule has 110 valence electrons. The van der Waals surface area contributed by atoms with Crippen molar-refractivity contribution in [1.82, 2.24) is 10.2 Å². The highest BCUT2D eigenvalue weighted by Crippen LogP contribution is 2.27. The fourth-order valence-electron chi connectivity index (χ4n) is 2.24. The number of nitrogens with two attached hydrogens (primary N) is 1. The van der Waals surface area contributed by atoms with E-state index < -0.39 is 0 Å². The van der Waals surface area contributed by atoms with Gasteiger partial charge in [0.15, 0.2) is 0 Å². The van der Waals surface area contributed by atoms with E-state index in [-0.39, 0.29) is 5.91 Å². The number of amides is 1. The van der Waals surface area contributed by atoms with Crippen molar-refractivity contribution in [2.75, 3.05) is 31.7 Å². The molecule has 0 aliphatic heterocycles. The molecule has 1 aromatic rings. The van der Waals surface area contributed by atoms with Gasteiger partial charge in [-0.25, -0.2) is 0 Å². The zero-order chi connectivity index (χ0) is 14.7. The molecule has 0 spiro atoms. The van der Waals surface area contributed by atoms with E-state index >= 15 is 0 Å². The number of nitrogen functional groups attached to an aromatic ring is 1. The summed E-state index contributed by atoms with van der Waals surface area (Å²) in [7, 11) is 3.78. The summed E-state index contributed by atoms with van der Waals surface area (Å²) in [5.41, 5.74) is 8.06. The number of hydrogen-bond donors (Lipinski definition) is 3. The SMILES string of the molecule is CNC(=O)c1ccc(N)c(NCC(C)N(C)C2CC2)c1. The third-order valence-corrected chi connectivity index (χ3v) is 3.95. The van der Waals surface area contributed by atoms with Crippen molar-refractivity contribution in [3.63, 3.8) is 0 Å². The van der Waals surface area contributed by atoms with Gasteiger partial charge in [-0.3, -0.25) is 9.69 Å². The highest BCUT2D eigenvalue weighted by Gasteiger charge is 2.28. The van der Waals surface area contributed by atoms with Gasteiger partial charge in [-0.1, -0.05) is 0 Å². The standard InChI is InChI=1S/C15H24N4O/c1-10(19(3)12-5-6-12)9-18-14-8-11(15(20)17-2)4-7-13(14)16/h4,7-8,10,12,18H,5-6,9,16H2,1-3H3,(H,17,20). The van der Waals surface area contributed by atoms with Gasteiger partial charge in [0.25, 0.3) is 5.91 Å². The van der Waals surface area contributed by atoms with Crippen molar-refractivity contribution < 1.29 is 4.79 Å². The molecule has 5 nitrogen and oxygen atoms in total. The Morgan fingerprint density at radius 2 is 2.20 bits per heavy atom. The lowest BCUT2D eigenvalue weighted by molar-refractivity contribution is 0.0963. The Morgan fingerprint density at radius 3 is 2.80 bits per heavy atom. The van der Waals surface area contributed by atoms with Crippen molar-refractivity contribution in [3.05, 3.63) is 23.8 Å². The summed E-state index contributed by atoms with van der Waals surface area (Å²) < 4.78 is 0. The first-order valence-electron chi connectivity index (χ1n) is 7.10. The fourth-order valence-corrected chi connectivity index (χ4v) is 2.24.